The molecule has 21 heavy (non-hydrogen) atoms. The van der Waals surface area contributed by atoms with Crippen molar-refractivity contribution in [3.8, 4) is 5.88 Å². The molecular formula is C16H15N3O2. The normalized spacial score (nSPS) is 10.7. The van der Waals surface area contributed by atoms with Crippen LogP contribution in [0.2, 0.25) is 0 Å². The van der Waals surface area contributed by atoms with Crippen molar-refractivity contribution < 1.29 is 4.74 Å². The summed E-state index contributed by atoms with van der Waals surface area (Å²) in [5, 5.41) is 0.646. The lowest BCUT2D eigenvalue weighted by molar-refractivity contribution is 0.397. The molecule has 0 aliphatic heterocycles. The lowest BCUT2D eigenvalue weighted by Gasteiger charge is -2.07. The molecule has 0 saturated heterocycles. The number of fused-ring (bicyclic) bond motifs is 1. The van der Waals surface area contributed by atoms with Gasteiger partial charge in [-0.2, -0.15) is 0 Å². The Morgan fingerprint density at radius 1 is 1.19 bits per heavy atom. The van der Waals surface area contributed by atoms with Crippen LogP contribution in [0.15, 0.2) is 53.7 Å². The first-order valence-electron chi connectivity index (χ1n) is 6.71. The first-order valence-corrected chi connectivity index (χ1v) is 6.71. The molecule has 2 aromatic heterocycles. The van der Waals surface area contributed by atoms with E-state index in [4.69, 9.17) is 4.74 Å². The molecule has 0 amide bonds. The van der Waals surface area contributed by atoms with Gasteiger partial charge >= 0.3 is 0 Å². The van der Waals surface area contributed by atoms with Crippen molar-refractivity contribution in [1.82, 2.24) is 14.5 Å². The highest BCUT2D eigenvalue weighted by molar-refractivity contribution is 5.76. The Morgan fingerprint density at radius 2 is 2.05 bits per heavy atom. The minimum atomic E-state index is -0.0124. The number of benzene rings is 1. The molecule has 3 rings (SSSR count). The Hall–Kier alpha value is -2.69. The molecule has 5 heteroatoms. The third-order valence-corrected chi connectivity index (χ3v) is 3.38. The maximum absolute atomic E-state index is 12.4. The quantitative estimate of drug-likeness (QED) is 0.734. The number of nitrogens with zero attached hydrogens (tertiary/aromatic N) is 3. The van der Waals surface area contributed by atoms with E-state index in [9.17, 15) is 4.79 Å². The van der Waals surface area contributed by atoms with Gasteiger partial charge in [-0.05, 0) is 30.2 Å². The largest absolute Gasteiger partial charge is 0.481 e. The molecule has 106 valence electrons. The van der Waals surface area contributed by atoms with E-state index in [2.05, 4.69) is 9.97 Å². The molecule has 1 aromatic carbocycles. The first-order chi connectivity index (χ1) is 10.3. The van der Waals surface area contributed by atoms with Crippen LogP contribution in [-0.4, -0.2) is 21.6 Å². The Labute approximate surface area is 121 Å². The summed E-state index contributed by atoms with van der Waals surface area (Å²) in [5.41, 5.74) is 1.79. The van der Waals surface area contributed by atoms with Crippen molar-refractivity contribution >= 4 is 10.9 Å². The Balaban J connectivity index is 1.85. The number of ether oxygens (including phenoxy) is 1. The Kier molecular flexibility index (Phi) is 3.64. The molecule has 0 atom stereocenters. The number of aryl methyl sites for hydroxylation is 2. The highest BCUT2D eigenvalue weighted by Gasteiger charge is 2.04. The lowest BCUT2D eigenvalue weighted by atomic mass is 10.2. The van der Waals surface area contributed by atoms with Gasteiger partial charge in [0.1, 0.15) is 0 Å². The second-order valence-corrected chi connectivity index (χ2v) is 4.72. The molecule has 0 radical (unpaired) electrons. The molecule has 0 spiro atoms. The molecular weight excluding hydrogens is 266 g/mol. The van der Waals surface area contributed by atoms with Crippen LogP contribution in [0.5, 0.6) is 5.88 Å². The van der Waals surface area contributed by atoms with Gasteiger partial charge in [0.15, 0.2) is 0 Å². The van der Waals surface area contributed by atoms with Crippen molar-refractivity contribution in [3.63, 3.8) is 0 Å². The van der Waals surface area contributed by atoms with E-state index >= 15 is 0 Å². The van der Waals surface area contributed by atoms with E-state index in [0.29, 0.717) is 17.8 Å². The minimum absolute atomic E-state index is 0.0124. The fraction of sp³-hybridized carbons (Fsp3) is 0.188. The monoisotopic (exact) mass is 281 g/mol. The first kappa shape index (κ1) is 13.3. The molecule has 0 aliphatic carbocycles. The van der Waals surface area contributed by atoms with E-state index in [1.54, 1.807) is 30.3 Å². The summed E-state index contributed by atoms with van der Waals surface area (Å²) in [7, 11) is 1.59. The highest BCUT2D eigenvalue weighted by atomic mass is 16.5. The van der Waals surface area contributed by atoms with E-state index in [0.717, 1.165) is 17.5 Å². The van der Waals surface area contributed by atoms with Crippen molar-refractivity contribution in [2.45, 2.75) is 13.0 Å². The smallest absolute Gasteiger partial charge is 0.261 e. The summed E-state index contributed by atoms with van der Waals surface area (Å²) in [4.78, 5) is 20.7. The molecule has 0 fully saturated rings. The molecule has 0 aliphatic rings. The lowest BCUT2D eigenvalue weighted by Crippen LogP contribution is -2.21. The second kappa shape index (κ2) is 5.75. The highest BCUT2D eigenvalue weighted by Crippen LogP contribution is 2.10. The molecule has 0 unspecified atom stereocenters. The van der Waals surface area contributed by atoms with Gasteiger partial charge in [-0.15, -0.1) is 0 Å². The molecule has 0 N–H and O–H groups in total. The number of methoxy groups -OCH3 is 1. The standard InChI is InChI=1S/C16H15N3O2/c1-21-15-10-12(6-8-17-15)7-9-19-11-18-14-5-3-2-4-13(14)16(19)20/h2-6,8,10-11H,7,9H2,1H3. The van der Waals surface area contributed by atoms with E-state index in [1.807, 2.05) is 30.3 Å². The van der Waals surface area contributed by atoms with Crippen LogP contribution < -0.4 is 10.3 Å². The van der Waals surface area contributed by atoms with Crippen molar-refractivity contribution in [2.75, 3.05) is 7.11 Å². The summed E-state index contributed by atoms with van der Waals surface area (Å²) in [6.07, 6.45) is 4.03. The number of hydrogen-bond acceptors (Lipinski definition) is 4. The molecule has 0 saturated carbocycles. The zero-order valence-electron chi connectivity index (χ0n) is 11.7. The van der Waals surface area contributed by atoms with Crippen LogP contribution in [-0.2, 0) is 13.0 Å². The molecule has 0 bridgehead atoms. The van der Waals surface area contributed by atoms with Crippen LogP contribution >= 0.6 is 0 Å². The Bertz CT molecular complexity index is 827. The van der Waals surface area contributed by atoms with Crippen LogP contribution in [0.4, 0.5) is 0 Å². The summed E-state index contributed by atoms with van der Waals surface area (Å²) in [6.45, 7) is 0.573. The predicted octanol–water partition coefficient (Wildman–Crippen LogP) is 2.04. The zero-order valence-corrected chi connectivity index (χ0v) is 11.7. The average Bonchev–Trinajstić information content (AvgIpc) is 2.55. The SMILES string of the molecule is COc1cc(CCn2cnc3ccccc3c2=O)ccn1. The van der Waals surface area contributed by atoms with Gasteiger partial charge in [0, 0.05) is 18.8 Å². The fourth-order valence-corrected chi connectivity index (χ4v) is 2.23. The Morgan fingerprint density at radius 3 is 2.90 bits per heavy atom. The molecule has 5 nitrogen and oxygen atoms in total. The topological polar surface area (TPSA) is 57.0 Å². The van der Waals surface area contributed by atoms with Crippen LogP contribution in [0.1, 0.15) is 5.56 Å². The van der Waals surface area contributed by atoms with Gasteiger partial charge in [0.05, 0.1) is 24.3 Å². The van der Waals surface area contributed by atoms with E-state index < -0.39 is 0 Å². The maximum Gasteiger partial charge on any atom is 0.261 e. The molecule has 3 aromatic rings. The second-order valence-electron chi connectivity index (χ2n) is 4.72. The molecule has 2 heterocycles. The summed E-state index contributed by atoms with van der Waals surface area (Å²) < 4.78 is 6.73. The van der Waals surface area contributed by atoms with Gasteiger partial charge in [0.2, 0.25) is 5.88 Å². The number of para-hydroxylation sites is 1. The van der Waals surface area contributed by atoms with Crippen molar-refractivity contribution in [2.24, 2.45) is 0 Å². The maximum atomic E-state index is 12.4. The number of hydrogen-bond donors (Lipinski definition) is 0. The average molecular weight is 281 g/mol. The van der Waals surface area contributed by atoms with Gasteiger partial charge in [-0.25, -0.2) is 9.97 Å². The number of pyridine rings is 1. The van der Waals surface area contributed by atoms with Gasteiger partial charge in [-0.1, -0.05) is 12.1 Å². The van der Waals surface area contributed by atoms with E-state index in [1.165, 1.54) is 0 Å². The van der Waals surface area contributed by atoms with Crippen LogP contribution in [0, 0.1) is 0 Å². The van der Waals surface area contributed by atoms with Crippen LogP contribution in [0.25, 0.3) is 10.9 Å². The van der Waals surface area contributed by atoms with Gasteiger partial charge < -0.3 is 4.74 Å². The van der Waals surface area contributed by atoms with Crippen molar-refractivity contribution in [1.29, 1.82) is 0 Å². The van der Waals surface area contributed by atoms with E-state index in [-0.39, 0.29) is 5.56 Å². The number of rotatable bonds is 4. The number of aromatic nitrogens is 3. The zero-order chi connectivity index (χ0) is 14.7. The predicted molar refractivity (Wildman–Crippen MR) is 80.5 cm³/mol. The fourth-order valence-electron chi connectivity index (χ4n) is 2.23. The van der Waals surface area contributed by atoms with Gasteiger partial charge in [-0.3, -0.25) is 9.36 Å². The third-order valence-electron chi connectivity index (χ3n) is 3.38. The van der Waals surface area contributed by atoms with Crippen LogP contribution in [0.3, 0.4) is 0 Å². The third kappa shape index (κ3) is 2.76. The van der Waals surface area contributed by atoms with Gasteiger partial charge in [0.25, 0.3) is 5.56 Å². The summed E-state index contributed by atoms with van der Waals surface area (Å²) >= 11 is 0. The minimum Gasteiger partial charge on any atom is -0.481 e. The van der Waals surface area contributed by atoms with Crippen molar-refractivity contribution in [3.05, 3.63) is 64.8 Å². The summed E-state index contributed by atoms with van der Waals surface area (Å²) in [6, 6.07) is 11.2. The summed E-state index contributed by atoms with van der Waals surface area (Å²) in [5.74, 6) is 0.580.